The van der Waals surface area contributed by atoms with E-state index in [2.05, 4.69) is 10.3 Å². The van der Waals surface area contributed by atoms with Crippen molar-refractivity contribution in [3.8, 4) is 11.3 Å². The molecule has 1 aromatic heterocycles. The maximum absolute atomic E-state index is 14.1. The molecule has 174 valence electrons. The molecule has 2 aromatic carbocycles. The summed E-state index contributed by atoms with van der Waals surface area (Å²) >= 11 is 0. The monoisotopic (exact) mass is 487 g/mol. The molecule has 6 nitrogen and oxygen atoms in total. The van der Waals surface area contributed by atoms with Crippen LogP contribution in [0.3, 0.4) is 0 Å². The average Bonchev–Trinajstić information content (AvgIpc) is 3.06. The fourth-order valence-corrected chi connectivity index (χ4v) is 5.65. The van der Waals surface area contributed by atoms with Crippen LogP contribution in [0.1, 0.15) is 28.4 Å². The second-order valence-corrected chi connectivity index (χ2v) is 11.0. The number of carbonyl (C=O) groups excluding carboxylic acids is 2. The van der Waals surface area contributed by atoms with Crippen molar-refractivity contribution in [2.24, 2.45) is 0 Å². The van der Waals surface area contributed by atoms with Gasteiger partial charge in [0.15, 0.2) is 0 Å². The molecule has 2 amide bonds. The summed E-state index contributed by atoms with van der Waals surface area (Å²) in [5.74, 6) is -0.698. The van der Waals surface area contributed by atoms with Gasteiger partial charge < -0.3 is 19.9 Å². The third-order valence-electron chi connectivity index (χ3n) is 5.55. The van der Waals surface area contributed by atoms with Crippen molar-refractivity contribution in [2.75, 3.05) is 26.5 Å². The van der Waals surface area contributed by atoms with E-state index in [1.54, 1.807) is 33.5 Å². The molecule has 3 aromatic rings. The molecule has 0 bridgehead atoms. The first kappa shape index (κ1) is 23.5. The zero-order valence-electron chi connectivity index (χ0n) is 18.7. The highest BCUT2D eigenvalue weighted by Gasteiger charge is 2.23. The van der Waals surface area contributed by atoms with E-state index in [4.69, 9.17) is 4.74 Å². The molecule has 1 atom stereocenters. The third kappa shape index (κ3) is 5.14. The number of nitrogens with one attached hydrogen (secondary N) is 2. The van der Waals surface area contributed by atoms with Gasteiger partial charge in [0.05, 0.1) is 5.56 Å². The minimum Gasteiger partial charge on any atom is -0.448 e. The van der Waals surface area contributed by atoms with E-state index in [1.165, 1.54) is 12.1 Å². The van der Waals surface area contributed by atoms with Crippen molar-refractivity contribution >= 4 is 44.5 Å². The topological polar surface area (TPSA) is 74.4 Å². The van der Waals surface area contributed by atoms with E-state index >= 15 is 0 Å². The van der Waals surface area contributed by atoms with Crippen molar-refractivity contribution in [3.63, 3.8) is 0 Å². The van der Waals surface area contributed by atoms with Gasteiger partial charge in [-0.1, -0.05) is 45.9 Å². The highest BCUT2D eigenvalue weighted by Crippen LogP contribution is 2.35. The van der Waals surface area contributed by atoms with Gasteiger partial charge in [-0.3, -0.25) is 4.79 Å². The van der Waals surface area contributed by atoms with Gasteiger partial charge in [0, 0.05) is 42.0 Å². The third-order valence-corrected chi connectivity index (χ3v) is 7.77. The summed E-state index contributed by atoms with van der Waals surface area (Å²) in [6.07, 6.45) is 2.30. The summed E-state index contributed by atoms with van der Waals surface area (Å²) in [4.78, 5) is 29.5. The molecule has 0 spiro atoms. The summed E-state index contributed by atoms with van der Waals surface area (Å²) < 4.78 is 19.5. The van der Waals surface area contributed by atoms with Crippen LogP contribution in [0, 0.1) is 5.82 Å². The molecule has 1 aliphatic heterocycles. The summed E-state index contributed by atoms with van der Waals surface area (Å²) in [7, 11) is 5.04. The Morgan fingerprint density at radius 3 is 2.76 bits per heavy atom. The van der Waals surface area contributed by atoms with Gasteiger partial charge in [-0.05, 0) is 48.4 Å². The molecule has 9 heteroatoms. The number of nitrogens with zero attached hydrogens (tertiary/aromatic N) is 1. The number of aromatic nitrogens is 1. The van der Waals surface area contributed by atoms with Crippen LogP contribution in [-0.2, 0) is 17.7 Å². The minimum absolute atomic E-state index is 0.234. The molecule has 0 radical (unpaired) electrons. The van der Waals surface area contributed by atoms with Crippen LogP contribution in [0.4, 0.5) is 9.18 Å². The molecule has 2 heterocycles. The first-order valence-electron chi connectivity index (χ1n) is 10.7. The van der Waals surface area contributed by atoms with E-state index in [9.17, 15) is 14.0 Å². The molecule has 33 heavy (non-hydrogen) atoms. The smallest absolute Gasteiger partial charge is 0.409 e. The Labute approximate surface area is 200 Å². The average molecular weight is 488 g/mol. The van der Waals surface area contributed by atoms with Gasteiger partial charge in [0.25, 0.3) is 5.91 Å². The lowest BCUT2D eigenvalue weighted by Crippen LogP contribution is -2.28. The van der Waals surface area contributed by atoms with Crippen molar-refractivity contribution < 1.29 is 18.7 Å². The van der Waals surface area contributed by atoms with Crippen molar-refractivity contribution in [1.82, 2.24) is 15.2 Å². The molecule has 0 fully saturated rings. The fraction of sp³-hybridized carbons (Fsp3) is 0.333. The molecule has 0 unspecified atom stereocenters. The van der Waals surface area contributed by atoms with E-state index in [-0.39, 0.29) is 17.3 Å². The largest absolute Gasteiger partial charge is 0.448 e. The molecule has 0 saturated carbocycles. The lowest BCUT2D eigenvalue weighted by molar-refractivity contribution is 0.0956. The lowest BCUT2D eigenvalue weighted by atomic mass is 9.99. The van der Waals surface area contributed by atoms with Gasteiger partial charge in [-0.25, -0.2) is 9.18 Å². The van der Waals surface area contributed by atoms with Crippen molar-refractivity contribution in [1.29, 1.82) is 0 Å². The Bertz CT molecular complexity index is 1180. The van der Waals surface area contributed by atoms with Crippen LogP contribution in [0.25, 0.3) is 22.2 Å². The van der Waals surface area contributed by atoms with Crippen LogP contribution in [0.5, 0.6) is 0 Å². The minimum atomic E-state index is -0.444. The number of rotatable bonds is 7. The van der Waals surface area contributed by atoms with Gasteiger partial charge in [0.2, 0.25) is 0 Å². The van der Waals surface area contributed by atoms with Crippen molar-refractivity contribution in [2.45, 2.75) is 25.1 Å². The van der Waals surface area contributed by atoms with Crippen LogP contribution in [0.2, 0.25) is 0 Å². The van der Waals surface area contributed by atoms with Crippen LogP contribution in [-0.4, -0.2) is 53.6 Å². The fourth-order valence-electron chi connectivity index (χ4n) is 4.04. The Hall–Kier alpha value is -2.65. The van der Waals surface area contributed by atoms with E-state index in [1.807, 2.05) is 37.4 Å². The molecule has 1 aliphatic rings. The molecule has 0 aliphatic carbocycles. The molecular weight excluding hydrogens is 461 g/mol. The second-order valence-electron chi connectivity index (χ2n) is 8.06. The lowest BCUT2D eigenvalue weighted by Gasteiger charge is -2.18. The number of benzene rings is 2. The number of aromatic amines is 1. The second kappa shape index (κ2) is 10.1. The van der Waals surface area contributed by atoms with E-state index in [0.717, 1.165) is 27.8 Å². The summed E-state index contributed by atoms with van der Waals surface area (Å²) in [6.45, 7) is 3.32. The summed E-state index contributed by atoms with van der Waals surface area (Å²) in [5.41, 5.74) is 4.78. The Balaban J connectivity index is 1.52. The Morgan fingerprint density at radius 1 is 1.27 bits per heavy atom. The van der Waals surface area contributed by atoms with E-state index in [0.29, 0.717) is 37.2 Å². The number of amides is 2. The highest BCUT2D eigenvalue weighted by atomic mass is 33.1. The maximum Gasteiger partial charge on any atom is 0.409 e. The number of hydrogen-bond donors (Lipinski definition) is 2. The number of H-pyrrole nitrogens is 1. The Morgan fingerprint density at radius 2 is 2.03 bits per heavy atom. The Kier molecular flexibility index (Phi) is 7.19. The molecular formula is C24H26FN3O3S2. The quantitative estimate of drug-likeness (QED) is 0.447. The van der Waals surface area contributed by atoms with Crippen LogP contribution < -0.4 is 5.32 Å². The number of ether oxygens (including phenoxy) is 1. The van der Waals surface area contributed by atoms with E-state index < -0.39 is 5.82 Å². The van der Waals surface area contributed by atoms with Gasteiger partial charge >= 0.3 is 6.09 Å². The number of halogens is 1. The van der Waals surface area contributed by atoms with Gasteiger partial charge in [-0.15, -0.1) is 0 Å². The predicted molar refractivity (Wildman–Crippen MR) is 133 cm³/mol. The highest BCUT2D eigenvalue weighted by molar-refractivity contribution is 8.76. The molecule has 4 rings (SSSR count). The SMILES string of the molecule is CSS[C@@H](C)COC(=O)N(C)Cc1ccc(-c2[nH]c3cc(F)cc4c3c2CCNC4=O)cc1. The normalized spacial score (nSPS) is 14.0. The van der Waals surface area contributed by atoms with Crippen LogP contribution >= 0.6 is 21.6 Å². The number of hydrogen-bond acceptors (Lipinski definition) is 5. The predicted octanol–water partition coefficient (Wildman–Crippen LogP) is 5.23. The first-order valence-corrected chi connectivity index (χ1v) is 13.3. The summed E-state index contributed by atoms with van der Waals surface area (Å²) in [6, 6.07) is 10.6. The maximum atomic E-state index is 14.1. The van der Waals surface area contributed by atoms with Crippen molar-refractivity contribution in [3.05, 3.63) is 58.9 Å². The first-order chi connectivity index (χ1) is 15.9. The molecule has 0 saturated heterocycles. The van der Waals surface area contributed by atoms with Gasteiger partial charge in [-0.2, -0.15) is 0 Å². The standard InChI is InChI=1S/C24H26FN3O3S2/c1-14(33-32-3)13-31-24(30)28(2)12-15-4-6-16(7-5-15)22-18-8-9-26-23(29)19-10-17(25)11-20(27-22)21(18)19/h4-7,10-11,14,27H,8-9,12-13H2,1-3H3,(H,26,29)/t14-/m0/s1. The number of carbonyl (C=O) groups is 2. The van der Waals surface area contributed by atoms with Gasteiger partial charge in [0.1, 0.15) is 12.4 Å². The van der Waals surface area contributed by atoms with Crippen LogP contribution in [0.15, 0.2) is 36.4 Å². The summed E-state index contributed by atoms with van der Waals surface area (Å²) in [5, 5.41) is 3.85. The molecule has 2 N–H and O–H groups in total. The zero-order valence-corrected chi connectivity index (χ0v) is 20.4. The zero-order chi connectivity index (χ0) is 23.5.